The first-order chi connectivity index (χ1) is 15.7. The number of halogens is 5. The van der Waals surface area contributed by atoms with Gasteiger partial charge in [-0.05, 0) is 66.8 Å². The van der Waals surface area contributed by atoms with Crippen molar-refractivity contribution in [3.8, 4) is 17.2 Å². The maximum Gasteiger partial charge on any atom is 0.422 e. The number of ether oxygens (including phenoxy) is 2. The average molecular weight is 464 g/mol. The quantitative estimate of drug-likeness (QED) is 0.283. The Morgan fingerprint density at radius 2 is 1.45 bits per heavy atom. The number of alkyl halides is 5. The molecule has 3 rings (SSSR count). The molecule has 3 aromatic carbocycles. The largest absolute Gasteiger partial charge is 0.484 e. The van der Waals surface area contributed by atoms with Crippen molar-refractivity contribution < 1.29 is 31.4 Å². The van der Waals surface area contributed by atoms with Gasteiger partial charge in [0.15, 0.2) is 6.61 Å². The van der Waals surface area contributed by atoms with E-state index in [2.05, 4.69) is 4.74 Å². The van der Waals surface area contributed by atoms with Gasteiger partial charge in [0.2, 0.25) is 6.43 Å². The van der Waals surface area contributed by atoms with Gasteiger partial charge in [-0.1, -0.05) is 49.4 Å². The van der Waals surface area contributed by atoms with E-state index in [4.69, 9.17) is 4.74 Å². The van der Waals surface area contributed by atoms with Crippen LogP contribution in [0.25, 0.3) is 0 Å². The third-order valence-electron chi connectivity index (χ3n) is 5.44. The fraction of sp³-hybridized carbons (Fsp3) is 0.308. The van der Waals surface area contributed by atoms with Crippen LogP contribution in [0.3, 0.4) is 0 Å². The highest BCUT2D eigenvalue weighted by Crippen LogP contribution is 2.37. The van der Waals surface area contributed by atoms with Gasteiger partial charge < -0.3 is 9.47 Å². The number of hydrogen-bond donors (Lipinski definition) is 0. The monoisotopic (exact) mass is 464 g/mol. The molecule has 0 aromatic heterocycles. The Balaban J connectivity index is 1.61. The molecule has 33 heavy (non-hydrogen) atoms. The van der Waals surface area contributed by atoms with Crippen LogP contribution >= 0.6 is 0 Å². The lowest BCUT2D eigenvalue weighted by Crippen LogP contribution is -2.31. The van der Waals surface area contributed by atoms with E-state index in [-0.39, 0.29) is 12.2 Å². The predicted octanol–water partition coefficient (Wildman–Crippen LogP) is 7.97. The van der Waals surface area contributed by atoms with Crippen molar-refractivity contribution in [1.29, 1.82) is 0 Å². The summed E-state index contributed by atoms with van der Waals surface area (Å²) < 4.78 is 75.4. The zero-order valence-electron chi connectivity index (χ0n) is 18.1. The second-order valence-corrected chi connectivity index (χ2v) is 8.06. The number of hydrogen-bond acceptors (Lipinski definition) is 2. The van der Waals surface area contributed by atoms with Crippen LogP contribution in [-0.4, -0.2) is 19.2 Å². The van der Waals surface area contributed by atoms with Gasteiger partial charge in [0.1, 0.15) is 17.2 Å². The normalized spacial score (nSPS) is 13.5. The molecule has 0 amide bonds. The summed E-state index contributed by atoms with van der Waals surface area (Å²) in [6.45, 7) is 0.0453. The molecule has 0 spiro atoms. The molecule has 0 heterocycles. The van der Waals surface area contributed by atoms with E-state index >= 15 is 0 Å². The summed E-state index contributed by atoms with van der Waals surface area (Å²) in [5.41, 5.74) is -0.102. The van der Waals surface area contributed by atoms with Gasteiger partial charge >= 0.3 is 6.18 Å². The summed E-state index contributed by atoms with van der Waals surface area (Å²) in [6.07, 6.45) is -5.80. The minimum absolute atomic E-state index is 0.0112. The van der Waals surface area contributed by atoms with Crippen LogP contribution < -0.4 is 9.47 Å². The highest BCUT2D eigenvalue weighted by Gasteiger charge is 2.36. The van der Waals surface area contributed by atoms with E-state index in [1.54, 1.807) is 0 Å². The molecule has 0 N–H and O–H groups in total. The lowest BCUT2D eigenvalue weighted by molar-refractivity contribution is -0.153. The molecule has 0 bridgehead atoms. The molecule has 1 unspecified atom stereocenters. The van der Waals surface area contributed by atoms with Crippen LogP contribution in [0.4, 0.5) is 22.0 Å². The molecule has 0 saturated carbocycles. The molecule has 0 radical (unpaired) electrons. The smallest absolute Gasteiger partial charge is 0.422 e. The molecule has 0 saturated heterocycles. The predicted molar refractivity (Wildman–Crippen MR) is 117 cm³/mol. The van der Waals surface area contributed by atoms with Crippen LogP contribution in [0.15, 0.2) is 78.9 Å². The average Bonchev–Trinajstić information content (AvgIpc) is 2.78. The minimum atomic E-state index is -4.46. The molecular weight excluding hydrogens is 439 g/mol. The van der Waals surface area contributed by atoms with Gasteiger partial charge in [0.05, 0.1) is 5.41 Å². The van der Waals surface area contributed by atoms with E-state index < -0.39 is 24.6 Å². The Labute approximate surface area is 190 Å². The van der Waals surface area contributed by atoms with Gasteiger partial charge in [-0.2, -0.15) is 13.2 Å². The Morgan fingerprint density at radius 1 is 0.788 bits per heavy atom. The third kappa shape index (κ3) is 7.20. The van der Waals surface area contributed by atoms with E-state index in [0.717, 1.165) is 5.56 Å². The van der Waals surface area contributed by atoms with Gasteiger partial charge in [-0.15, -0.1) is 0 Å². The summed E-state index contributed by atoms with van der Waals surface area (Å²) in [5, 5.41) is 0. The molecule has 2 nitrogen and oxygen atoms in total. The highest BCUT2D eigenvalue weighted by atomic mass is 19.4. The third-order valence-corrected chi connectivity index (χ3v) is 5.44. The van der Waals surface area contributed by atoms with Crippen molar-refractivity contribution in [1.82, 2.24) is 0 Å². The van der Waals surface area contributed by atoms with E-state index in [0.29, 0.717) is 29.9 Å². The Kier molecular flexibility index (Phi) is 7.95. The maximum atomic E-state index is 14.0. The number of para-hydroxylation sites is 1. The molecule has 1 atom stereocenters. The summed E-state index contributed by atoms with van der Waals surface area (Å²) in [4.78, 5) is 0. The van der Waals surface area contributed by atoms with Crippen LogP contribution in [0.5, 0.6) is 17.2 Å². The van der Waals surface area contributed by atoms with Crippen molar-refractivity contribution in [2.75, 3.05) is 6.61 Å². The number of aryl methyl sites for hydroxylation is 1. The summed E-state index contributed by atoms with van der Waals surface area (Å²) in [7, 11) is 0. The first kappa shape index (κ1) is 24.6. The van der Waals surface area contributed by atoms with Crippen molar-refractivity contribution in [2.24, 2.45) is 0 Å². The first-order valence-corrected chi connectivity index (χ1v) is 10.6. The van der Waals surface area contributed by atoms with Gasteiger partial charge in [0.25, 0.3) is 0 Å². The summed E-state index contributed by atoms with van der Waals surface area (Å²) in [6, 6.07) is 22.3. The lowest BCUT2D eigenvalue weighted by Gasteiger charge is -2.29. The Morgan fingerprint density at radius 3 is 2.09 bits per heavy atom. The van der Waals surface area contributed by atoms with Crippen molar-refractivity contribution in [3.05, 3.63) is 90.0 Å². The van der Waals surface area contributed by atoms with Crippen LogP contribution in [0, 0.1) is 0 Å². The topological polar surface area (TPSA) is 18.5 Å². The maximum absolute atomic E-state index is 14.0. The lowest BCUT2D eigenvalue weighted by atomic mass is 9.78. The second kappa shape index (κ2) is 10.7. The molecule has 0 aliphatic rings. The molecular formula is C26H25F5O2. The van der Waals surface area contributed by atoms with Crippen molar-refractivity contribution in [3.63, 3.8) is 0 Å². The first-order valence-electron chi connectivity index (χ1n) is 10.6. The zero-order chi connectivity index (χ0) is 23.9. The van der Waals surface area contributed by atoms with Crippen molar-refractivity contribution in [2.45, 2.75) is 44.2 Å². The van der Waals surface area contributed by atoms with Crippen LogP contribution in [0.2, 0.25) is 0 Å². The highest BCUT2D eigenvalue weighted by molar-refractivity contribution is 5.35. The van der Waals surface area contributed by atoms with Gasteiger partial charge in [-0.25, -0.2) is 8.78 Å². The Bertz CT molecular complexity index is 1000. The number of rotatable bonds is 10. The fourth-order valence-corrected chi connectivity index (χ4v) is 3.53. The summed E-state index contributed by atoms with van der Waals surface area (Å²) >= 11 is 0. The second-order valence-electron chi connectivity index (χ2n) is 8.06. The SMILES string of the molecule is CC(CCCc1cccc(Oc2ccccc2)c1)(c1ccc(OCC(F)(F)F)cc1)C(F)F. The molecule has 0 aliphatic carbocycles. The van der Waals surface area contributed by atoms with Crippen molar-refractivity contribution >= 4 is 0 Å². The molecule has 7 heteroatoms. The van der Waals surface area contributed by atoms with Gasteiger partial charge in [0, 0.05) is 0 Å². The van der Waals surface area contributed by atoms with E-state index in [1.165, 1.54) is 31.2 Å². The van der Waals surface area contributed by atoms with Gasteiger partial charge in [-0.3, -0.25) is 0 Å². The molecule has 0 fully saturated rings. The van der Waals surface area contributed by atoms with E-state index in [1.807, 2.05) is 54.6 Å². The molecule has 3 aromatic rings. The zero-order valence-corrected chi connectivity index (χ0v) is 18.1. The molecule has 0 aliphatic heterocycles. The number of benzene rings is 3. The van der Waals surface area contributed by atoms with Crippen LogP contribution in [-0.2, 0) is 11.8 Å². The summed E-state index contributed by atoms with van der Waals surface area (Å²) in [5.74, 6) is 1.37. The minimum Gasteiger partial charge on any atom is -0.484 e. The standard InChI is InChI=1S/C26H25F5O2/c1-25(24(27)28,20-12-14-21(15-13-20)32-18-26(29,30)31)16-6-8-19-7-5-11-23(17-19)33-22-9-3-2-4-10-22/h2-5,7,9-15,17,24H,6,8,16,18H2,1H3. The molecule has 176 valence electrons. The fourth-order valence-electron chi connectivity index (χ4n) is 3.53. The van der Waals surface area contributed by atoms with E-state index in [9.17, 15) is 22.0 Å². The van der Waals surface area contributed by atoms with Crippen LogP contribution in [0.1, 0.15) is 30.9 Å². The Hall–Kier alpha value is -3.09.